The van der Waals surface area contributed by atoms with Crippen LogP contribution in [0.1, 0.15) is 37.8 Å². The maximum Gasteiger partial charge on any atom is 0.244 e. The fourth-order valence-corrected chi connectivity index (χ4v) is 4.38. The Bertz CT molecular complexity index is 770. The molecule has 4 nitrogen and oxygen atoms in total. The molecular formula is C20H23N3O. The van der Waals surface area contributed by atoms with Crippen LogP contribution in [-0.4, -0.2) is 22.4 Å². The smallest absolute Gasteiger partial charge is 0.244 e. The first-order valence-corrected chi connectivity index (χ1v) is 8.95. The van der Waals surface area contributed by atoms with Crippen molar-refractivity contribution in [3.8, 4) is 0 Å². The molecule has 0 radical (unpaired) electrons. The Labute approximate surface area is 142 Å². The summed E-state index contributed by atoms with van der Waals surface area (Å²) in [5.74, 6) is 2.69. The summed E-state index contributed by atoms with van der Waals surface area (Å²) in [6.07, 6.45) is 11.7. The number of nitrogens with one attached hydrogen (secondary N) is 1. The number of rotatable bonds is 5. The monoisotopic (exact) mass is 321 g/mol. The van der Waals surface area contributed by atoms with Gasteiger partial charge >= 0.3 is 0 Å². The van der Waals surface area contributed by atoms with Crippen molar-refractivity contribution < 1.29 is 4.79 Å². The number of nitrogens with zero attached hydrogens (tertiary/aromatic N) is 2. The van der Waals surface area contributed by atoms with Crippen molar-refractivity contribution in [1.82, 2.24) is 15.3 Å². The summed E-state index contributed by atoms with van der Waals surface area (Å²) in [6.45, 7) is 0.778. The number of fused-ring (bicyclic) bond motifs is 3. The lowest BCUT2D eigenvalue weighted by Crippen LogP contribution is -2.25. The molecule has 2 aromatic rings. The van der Waals surface area contributed by atoms with Gasteiger partial charge in [0.15, 0.2) is 0 Å². The van der Waals surface area contributed by atoms with Gasteiger partial charge in [0, 0.05) is 12.6 Å². The average Bonchev–Trinajstić information content (AvgIpc) is 3.23. The van der Waals surface area contributed by atoms with Gasteiger partial charge in [0.05, 0.1) is 22.9 Å². The second kappa shape index (κ2) is 6.71. The molecule has 24 heavy (non-hydrogen) atoms. The summed E-state index contributed by atoms with van der Waals surface area (Å²) in [4.78, 5) is 20.8. The van der Waals surface area contributed by atoms with Gasteiger partial charge in [-0.1, -0.05) is 18.6 Å². The Morgan fingerprint density at radius 2 is 2.08 bits per heavy atom. The summed E-state index contributed by atoms with van der Waals surface area (Å²) in [7, 11) is 0. The van der Waals surface area contributed by atoms with Crippen LogP contribution in [0, 0.1) is 17.8 Å². The van der Waals surface area contributed by atoms with Gasteiger partial charge in [0.25, 0.3) is 0 Å². The second-order valence-electron chi connectivity index (χ2n) is 7.13. The van der Waals surface area contributed by atoms with Crippen LogP contribution in [0.3, 0.4) is 0 Å². The largest absolute Gasteiger partial charge is 0.353 e. The van der Waals surface area contributed by atoms with Crippen LogP contribution >= 0.6 is 0 Å². The maximum absolute atomic E-state index is 12.0. The molecule has 2 fully saturated rings. The third-order valence-electron chi connectivity index (χ3n) is 5.57. The molecule has 3 atom stereocenters. The SMILES string of the molecule is O=C(C=Cc1cnc2ccccc2n1)NCCC1CC2CCC1C2. The molecular weight excluding hydrogens is 298 g/mol. The zero-order valence-corrected chi connectivity index (χ0v) is 13.8. The van der Waals surface area contributed by atoms with E-state index in [0.29, 0.717) is 5.69 Å². The zero-order chi connectivity index (χ0) is 16.4. The van der Waals surface area contributed by atoms with E-state index in [4.69, 9.17) is 0 Å². The van der Waals surface area contributed by atoms with Crippen LogP contribution in [0.25, 0.3) is 17.1 Å². The van der Waals surface area contributed by atoms with E-state index in [2.05, 4.69) is 15.3 Å². The lowest BCUT2D eigenvalue weighted by atomic mass is 9.86. The summed E-state index contributed by atoms with van der Waals surface area (Å²) < 4.78 is 0. The normalized spacial score (nSPS) is 25.6. The molecule has 2 aliphatic carbocycles. The van der Waals surface area contributed by atoms with Gasteiger partial charge in [0.2, 0.25) is 5.91 Å². The minimum Gasteiger partial charge on any atom is -0.353 e. The number of hydrogen-bond donors (Lipinski definition) is 1. The van der Waals surface area contributed by atoms with Crippen LogP contribution in [-0.2, 0) is 4.79 Å². The van der Waals surface area contributed by atoms with Crippen LogP contribution in [0.2, 0.25) is 0 Å². The number of amides is 1. The van der Waals surface area contributed by atoms with Crippen LogP contribution in [0.5, 0.6) is 0 Å². The van der Waals surface area contributed by atoms with E-state index >= 15 is 0 Å². The topological polar surface area (TPSA) is 54.9 Å². The summed E-state index contributed by atoms with van der Waals surface area (Å²) in [5, 5.41) is 3.00. The average molecular weight is 321 g/mol. The first-order chi connectivity index (χ1) is 11.8. The van der Waals surface area contributed by atoms with Gasteiger partial charge in [-0.05, 0) is 61.6 Å². The van der Waals surface area contributed by atoms with Crippen molar-refractivity contribution >= 4 is 23.0 Å². The molecule has 1 amide bonds. The molecule has 0 saturated heterocycles. The molecule has 124 valence electrons. The molecule has 0 aliphatic heterocycles. The number of para-hydroxylation sites is 2. The highest BCUT2D eigenvalue weighted by Crippen LogP contribution is 2.49. The highest BCUT2D eigenvalue weighted by atomic mass is 16.1. The Balaban J connectivity index is 1.27. The second-order valence-corrected chi connectivity index (χ2v) is 7.13. The summed E-state index contributed by atoms with van der Waals surface area (Å²) >= 11 is 0. The van der Waals surface area contributed by atoms with Crippen LogP contribution in [0.4, 0.5) is 0 Å². The molecule has 2 saturated carbocycles. The minimum absolute atomic E-state index is 0.0480. The van der Waals surface area contributed by atoms with Gasteiger partial charge < -0.3 is 5.32 Å². The highest BCUT2D eigenvalue weighted by Gasteiger charge is 2.38. The van der Waals surface area contributed by atoms with Crippen molar-refractivity contribution in [2.45, 2.75) is 32.1 Å². The molecule has 0 spiro atoms. The van der Waals surface area contributed by atoms with E-state index in [1.54, 1.807) is 18.3 Å². The highest BCUT2D eigenvalue weighted by molar-refractivity contribution is 5.91. The van der Waals surface area contributed by atoms with Gasteiger partial charge in [0.1, 0.15) is 0 Å². The molecule has 1 N–H and O–H groups in total. The lowest BCUT2D eigenvalue weighted by molar-refractivity contribution is -0.116. The quantitative estimate of drug-likeness (QED) is 0.856. The molecule has 2 aliphatic rings. The molecule has 1 aromatic heterocycles. The predicted octanol–water partition coefficient (Wildman–Crippen LogP) is 3.59. The molecule has 3 unspecified atom stereocenters. The zero-order valence-electron chi connectivity index (χ0n) is 13.8. The van der Waals surface area contributed by atoms with Gasteiger partial charge in [-0.3, -0.25) is 9.78 Å². The van der Waals surface area contributed by atoms with E-state index in [1.807, 2.05) is 24.3 Å². The minimum atomic E-state index is -0.0480. The molecule has 1 heterocycles. The first kappa shape index (κ1) is 15.3. The third kappa shape index (κ3) is 3.32. The van der Waals surface area contributed by atoms with Gasteiger partial charge in [-0.25, -0.2) is 4.98 Å². The van der Waals surface area contributed by atoms with Crippen molar-refractivity contribution in [3.05, 3.63) is 42.2 Å². The summed E-state index contributed by atoms with van der Waals surface area (Å²) in [6, 6.07) is 7.73. The van der Waals surface area contributed by atoms with Gasteiger partial charge in [-0.2, -0.15) is 0 Å². The standard InChI is InChI=1S/C20H23N3O/c24-20(21-10-9-16-12-14-5-6-15(16)11-14)8-7-17-13-22-18-3-1-2-4-19(18)23-17/h1-4,7-8,13-16H,5-6,9-12H2,(H,21,24). The van der Waals surface area contributed by atoms with E-state index in [-0.39, 0.29) is 5.91 Å². The number of benzene rings is 1. The van der Waals surface area contributed by atoms with Crippen LogP contribution < -0.4 is 5.32 Å². The van der Waals surface area contributed by atoms with E-state index in [1.165, 1.54) is 25.7 Å². The van der Waals surface area contributed by atoms with E-state index in [9.17, 15) is 4.79 Å². The van der Waals surface area contributed by atoms with Gasteiger partial charge in [-0.15, -0.1) is 0 Å². The van der Waals surface area contributed by atoms with E-state index < -0.39 is 0 Å². The molecule has 1 aromatic carbocycles. The summed E-state index contributed by atoms with van der Waals surface area (Å²) in [5.41, 5.74) is 2.42. The fraction of sp³-hybridized carbons (Fsp3) is 0.450. The molecule has 4 rings (SSSR count). The van der Waals surface area contributed by atoms with Crippen molar-refractivity contribution in [2.24, 2.45) is 17.8 Å². The van der Waals surface area contributed by atoms with Crippen molar-refractivity contribution in [3.63, 3.8) is 0 Å². The molecule has 2 bridgehead atoms. The van der Waals surface area contributed by atoms with E-state index in [0.717, 1.165) is 41.8 Å². The lowest BCUT2D eigenvalue weighted by Gasteiger charge is -2.21. The van der Waals surface area contributed by atoms with Crippen molar-refractivity contribution in [2.75, 3.05) is 6.54 Å². The fourth-order valence-electron chi connectivity index (χ4n) is 4.38. The van der Waals surface area contributed by atoms with Crippen molar-refractivity contribution in [1.29, 1.82) is 0 Å². The Morgan fingerprint density at radius 1 is 1.21 bits per heavy atom. The number of carbonyl (C=O) groups excluding carboxylic acids is 1. The number of hydrogen-bond acceptors (Lipinski definition) is 3. The van der Waals surface area contributed by atoms with Crippen LogP contribution in [0.15, 0.2) is 36.5 Å². The number of aromatic nitrogens is 2. The molecule has 4 heteroatoms. The third-order valence-corrected chi connectivity index (χ3v) is 5.57. The number of carbonyl (C=O) groups is 1. The predicted molar refractivity (Wildman–Crippen MR) is 95.1 cm³/mol. The Morgan fingerprint density at radius 3 is 2.88 bits per heavy atom. The maximum atomic E-state index is 12.0. The Kier molecular flexibility index (Phi) is 4.28. The Hall–Kier alpha value is -2.23. The first-order valence-electron chi connectivity index (χ1n) is 8.95.